The van der Waals surface area contributed by atoms with Crippen LogP contribution in [0.25, 0.3) is 0 Å². The predicted molar refractivity (Wildman–Crippen MR) is 72.3 cm³/mol. The maximum Gasteiger partial charge on any atom is 0.0800 e. The number of hydrogen-bond acceptors (Lipinski definition) is 4. The summed E-state index contributed by atoms with van der Waals surface area (Å²) in [4.78, 5) is 1.38. The Bertz CT molecular complexity index is 333. The minimum atomic E-state index is 0.491. The fraction of sp³-hybridized carbons (Fsp3) is 0.846. The Hall–Kier alpha value is -0.480. The van der Waals surface area contributed by atoms with Gasteiger partial charge >= 0.3 is 0 Å². The van der Waals surface area contributed by atoms with Gasteiger partial charge in [0.25, 0.3) is 0 Å². The number of aryl methyl sites for hydroxylation is 1. The van der Waals surface area contributed by atoms with Crippen LogP contribution in [0.15, 0.2) is 0 Å². The lowest BCUT2D eigenvalue weighted by Crippen LogP contribution is -2.22. The molecule has 1 N–H and O–H groups in total. The molecule has 0 aromatic carbocycles. The first-order chi connectivity index (χ1) is 8.35. The van der Waals surface area contributed by atoms with Gasteiger partial charge < -0.3 is 5.32 Å². The first-order valence-electron chi connectivity index (χ1n) is 6.89. The van der Waals surface area contributed by atoms with Gasteiger partial charge in [-0.05, 0) is 49.7 Å². The summed E-state index contributed by atoms with van der Waals surface area (Å²) >= 11 is 1.58. The highest BCUT2D eigenvalue weighted by atomic mass is 32.1. The zero-order chi connectivity index (χ0) is 12.1. The Balaban J connectivity index is 1.96. The zero-order valence-electron chi connectivity index (χ0n) is 10.9. The van der Waals surface area contributed by atoms with Crippen molar-refractivity contribution in [2.45, 2.75) is 58.4 Å². The van der Waals surface area contributed by atoms with Crippen molar-refractivity contribution in [1.82, 2.24) is 14.9 Å². The fourth-order valence-corrected chi connectivity index (χ4v) is 3.02. The lowest BCUT2D eigenvalue weighted by Gasteiger charge is -2.17. The van der Waals surface area contributed by atoms with Crippen LogP contribution in [-0.2, 0) is 6.42 Å². The van der Waals surface area contributed by atoms with E-state index in [9.17, 15) is 0 Å². The molecule has 0 radical (unpaired) electrons. The van der Waals surface area contributed by atoms with Crippen LogP contribution < -0.4 is 5.32 Å². The third-order valence-electron chi connectivity index (χ3n) is 3.44. The number of hydrogen-bond donors (Lipinski definition) is 1. The van der Waals surface area contributed by atoms with Gasteiger partial charge in [0.15, 0.2) is 0 Å². The Morgan fingerprint density at radius 1 is 1.41 bits per heavy atom. The third kappa shape index (κ3) is 3.75. The Labute approximate surface area is 108 Å². The number of nitrogens with zero attached hydrogens (tertiary/aromatic N) is 2. The second kappa shape index (κ2) is 6.45. The molecular weight excluding hydrogens is 230 g/mol. The lowest BCUT2D eigenvalue weighted by atomic mass is 10.0. The number of nitrogens with one attached hydrogen (secondary N) is 1. The summed E-state index contributed by atoms with van der Waals surface area (Å²) < 4.78 is 4.12. The topological polar surface area (TPSA) is 37.8 Å². The monoisotopic (exact) mass is 253 g/mol. The van der Waals surface area contributed by atoms with Crippen LogP contribution in [0.2, 0.25) is 0 Å². The molecule has 1 aromatic heterocycles. The summed E-state index contributed by atoms with van der Waals surface area (Å²) in [5.41, 5.74) is 1.19. The molecule has 96 valence electrons. The highest BCUT2D eigenvalue weighted by Gasteiger charge is 2.24. The van der Waals surface area contributed by atoms with Crippen LogP contribution in [0, 0.1) is 5.92 Å². The lowest BCUT2D eigenvalue weighted by molar-refractivity contribution is 0.473. The second-order valence-electron chi connectivity index (χ2n) is 4.96. The summed E-state index contributed by atoms with van der Waals surface area (Å²) in [6.07, 6.45) is 7.70. The van der Waals surface area contributed by atoms with Crippen LogP contribution in [0.5, 0.6) is 0 Å². The van der Waals surface area contributed by atoms with E-state index < -0.39 is 0 Å². The average molecular weight is 253 g/mol. The Morgan fingerprint density at radius 2 is 2.24 bits per heavy atom. The summed E-state index contributed by atoms with van der Waals surface area (Å²) in [7, 11) is 0. The van der Waals surface area contributed by atoms with Gasteiger partial charge in [-0.2, -0.15) is 0 Å². The van der Waals surface area contributed by atoms with Crippen LogP contribution in [0.1, 0.15) is 62.6 Å². The molecule has 4 heteroatoms. The number of aromatic nitrogens is 2. The highest BCUT2D eigenvalue weighted by molar-refractivity contribution is 7.05. The molecule has 0 aliphatic heterocycles. The molecule has 1 aliphatic carbocycles. The molecule has 17 heavy (non-hydrogen) atoms. The minimum Gasteiger partial charge on any atom is -0.309 e. The van der Waals surface area contributed by atoms with E-state index in [1.54, 1.807) is 11.5 Å². The van der Waals surface area contributed by atoms with Gasteiger partial charge in [0.05, 0.1) is 10.6 Å². The van der Waals surface area contributed by atoms with E-state index >= 15 is 0 Å². The van der Waals surface area contributed by atoms with Gasteiger partial charge in [-0.25, -0.2) is 0 Å². The molecule has 1 atom stereocenters. The van der Waals surface area contributed by atoms with Gasteiger partial charge in [-0.15, -0.1) is 5.10 Å². The molecule has 0 amide bonds. The summed E-state index contributed by atoms with van der Waals surface area (Å²) in [5, 5.41) is 7.89. The molecule has 1 fully saturated rings. The van der Waals surface area contributed by atoms with E-state index in [1.165, 1.54) is 42.7 Å². The maximum absolute atomic E-state index is 4.23. The smallest absolute Gasteiger partial charge is 0.0800 e. The molecular formula is C13H23N3S. The predicted octanol–water partition coefficient (Wildman–Crippen LogP) is 3.33. The molecule has 1 saturated carbocycles. The number of rotatable bonds is 8. The van der Waals surface area contributed by atoms with Crippen molar-refractivity contribution in [3.63, 3.8) is 0 Å². The first-order valence-corrected chi connectivity index (χ1v) is 7.67. The maximum atomic E-state index is 4.23. The molecule has 0 saturated heterocycles. The Morgan fingerprint density at radius 3 is 2.88 bits per heavy atom. The van der Waals surface area contributed by atoms with Crippen molar-refractivity contribution >= 4 is 11.5 Å². The van der Waals surface area contributed by atoms with Gasteiger partial charge in [0.2, 0.25) is 0 Å². The highest BCUT2D eigenvalue weighted by Crippen LogP contribution is 2.36. The van der Waals surface area contributed by atoms with Gasteiger partial charge in [0, 0.05) is 6.04 Å². The van der Waals surface area contributed by atoms with E-state index in [1.807, 2.05) is 0 Å². The molecule has 2 rings (SSSR count). The van der Waals surface area contributed by atoms with Crippen molar-refractivity contribution in [2.24, 2.45) is 5.92 Å². The molecule has 0 spiro atoms. The molecule has 0 bridgehead atoms. The van der Waals surface area contributed by atoms with Gasteiger partial charge in [-0.1, -0.05) is 31.2 Å². The van der Waals surface area contributed by atoms with Crippen LogP contribution in [0.4, 0.5) is 0 Å². The standard InChI is InChI=1S/C13H23N3S/c1-3-9-14-12(8-7-10-5-6-10)13-11(4-2)15-16-17-13/h10,12,14H,3-9H2,1-2H3. The molecule has 1 aromatic rings. The summed E-state index contributed by atoms with van der Waals surface area (Å²) in [6, 6.07) is 0.491. The first kappa shape index (κ1) is 13.0. The molecule has 1 unspecified atom stereocenters. The zero-order valence-corrected chi connectivity index (χ0v) is 11.7. The van der Waals surface area contributed by atoms with Crippen molar-refractivity contribution in [1.29, 1.82) is 0 Å². The summed E-state index contributed by atoms with van der Waals surface area (Å²) in [6.45, 7) is 5.48. The van der Waals surface area contributed by atoms with Crippen LogP contribution in [0.3, 0.4) is 0 Å². The average Bonchev–Trinajstić information content (AvgIpc) is 3.05. The van der Waals surface area contributed by atoms with Gasteiger partial charge in [0.1, 0.15) is 0 Å². The van der Waals surface area contributed by atoms with Gasteiger partial charge in [-0.3, -0.25) is 0 Å². The van der Waals surface area contributed by atoms with E-state index in [0.29, 0.717) is 6.04 Å². The van der Waals surface area contributed by atoms with E-state index in [4.69, 9.17) is 0 Å². The largest absolute Gasteiger partial charge is 0.309 e. The van der Waals surface area contributed by atoms with Crippen molar-refractivity contribution in [3.05, 3.63) is 10.6 Å². The van der Waals surface area contributed by atoms with Crippen LogP contribution >= 0.6 is 11.5 Å². The minimum absolute atomic E-state index is 0.491. The van der Waals surface area contributed by atoms with Crippen molar-refractivity contribution < 1.29 is 0 Å². The summed E-state index contributed by atoms with van der Waals surface area (Å²) in [5.74, 6) is 1.01. The van der Waals surface area contributed by atoms with E-state index in [2.05, 4.69) is 28.8 Å². The van der Waals surface area contributed by atoms with E-state index in [0.717, 1.165) is 18.9 Å². The second-order valence-corrected chi connectivity index (χ2v) is 5.75. The molecule has 3 nitrogen and oxygen atoms in total. The Kier molecular flexibility index (Phi) is 4.92. The third-order valence-corrected chi connectivity index (χ3v) is 4.32. The van der Waals surface area contributed by atoms with Crippen molar-refractivity contribution in [3.8, 4) is 0 Å². The quantitative estimate of drug-likeness (QED) is 0.772. The van der Waals surface area contributed by atoms with E-state index in [-0.39, 0.29) is 0 Å². The SMILES string of the molecule is CCCNC(CCC1CC1)c1snnc1CC. The van der Waals surface area contributed by atoms with Crippen molar-refractivity contribution in [2.75, 3.05) is 6.54 Å². The normalized spacial score (nSPS) is 17.3. The molecule has 1 aliphatic rings. The van der Waals surface area contributed by atoms with Crippen LogP contribution in [-0.4, -0.2) is 16.1 Å². The molecule has 1 heterocycles. The fourth-order valence-electron chi connectivity index (χ4n) is 2.18.